The van der Waals surface area contributed by atoms with Crippen molar-refractivity contribution in [2.24, 2.45) is 5.73 Å². The Balaban J connectivity index is 1.58. The zero-order chi connectivity index (χ0) is 32.9. The van der Waals surface area contributed by atoms with Crippen LogP contribution in [-0.2, 0) is 22.2 Å². The van der Waals surface area contributed by atoms with Crippen molar-refractivity contribution < 1.29 is 41.7 Å². The van der Waals surface area contributed by atoms with Gasteiger partial charge in [-0.2, -0.15) is 13.2 Å². The van der Waals surface area contributed by atoms with Crippen molar-refractivity contribution in [3.63, 3.8) is 0 Å². The predicted octanol–water partition coefficient (Wildman–Crippen LogP) is 4.63. The standard InChI is InChI=1S/C32H30F4N4O5/c1-5-17-10-19-11-20(12-23(44-4)25(19)39-16(17)2)28(41)38-14-31(43,32(34,35)36)24-13-22-27(45-15-30(22,3)29(37)42)26(40-24)18-6-8-21(33)9-7-18/h6-13,43H,5,14-15H2,1-4H3,(H2,37,42)(H,38,41)/t30-,31-/m0/s1. The fourth-order valence-corrected chi connectivity index (χ4v) is 5.28. The van der Waals surface area contributed by atoms with Crippen molar-refractivity contribution in [1.29, 1.82) is 0 Å². The second-order valence-corrected chi connectivity index (χ2v) is 11.1. The van der Waals surface area contributed by atoms with Gasteiger partial charge >= 0.3 is 6.18 Å². The monoisotopic (exact) mass is 626 g/mol. The van der Waals surface area contributed by atoms with E-state index in [0.29, 0.717) is 17.3 Å². The molecule has 4 aromatic rings. The van der Waals surface area contributed by atoms with Crippen molar-refractivity contribution in [3.8, 4) is 22.8 Å². The van der Waals surface area contributed by atoms with Gasteiger partial charge in [0.1, 0.15) is 40.5 Å². The third kappa shape index (κ3) is 5.41. The Morgan fingerprint density at radius 3 is 2.42 bits per heavy atom. The summed E-state index contributed by atoms with van der Waals surface area (Å²) in [6.45, 7) is 3.53. The van der Waals surface area contributed by atoms with Gasteiger partial charge in [-0.3, -0.25) is 9.59 Å². The number of nitrogens with two attached hydrogens (primary N) is 1. The Hall–Kier alpha value is -4.78. The third-order valence-electron chi connectivity index (χ3n) is 8.17. The lowest BCUT2D eigenvalue weighted by Gasteiger charge is -2.31. The SMILES string of the molecule is CCc1cc2cc(C(=O)NC[C@](O)(c3cc4c(c(-c5ccc(F)cc5)n3)OC[C@]4(C)C(N)=O)C(F)(F)F)cc(OC)c2nc1C. The van der Waals surface area contributed by atoms with E-state index >= 15 is 0 Å². The van der Waals surface area contributed by atoms with Gasteiger partial charge in [0.05, 0.1) is 19.3 Å². The number of carbonyl (C=O) groups excluding carboxylic acids is 2. The smallest absolute Gasteiger partial charge is 0.424 e. The number of amides is 2. The van der Waals surface area contributed by atoms with Gasteiger partial charge in [-0.15, -0.1) is 0 Å². The molecule has 5 rings (SSSR count). The number of ether oxygens (including phenoxy) is 2. The van der Waals surface area contributed by atoms with Crippen LogP contribution in [-0.4, -0.2) is 53.3 Å². The minimum atomic E-state index is -5.36. The molecule has 1 aliphatic heterocycles. The minimum absolute atomic E-state index is 0.0276. The van der Waals surface area contributed by atoms with Gasteiger partial charge in [-0.25, -0.2) is 14.4 Å². The maximum Gasteiger partial charge on any atom is 0.424 e. The number of nitrogens with one attached hydrogen (secondary N) is 1. The number of carbonyl (C=O) groups is 2. The van der Waals surface area contributed by atoms with E-state index in [1.807, 2.05) is 19.9 Å². The van der Waals surface area contributed by atoms with Crippen molar-refractivity contribution in [2.45, 2.75) is 44.4 Å². The lowest BCUT2D eigenvalue weighted by atomic mass is 9.81. The number of benzene rings is 2. The molecule has 0 saturated heterocycles. The van der Waals surface area contributed by atoms with E-state index in [1.165, 1.54) is 38.3 Å². The van der Waals surface area contributed by atoms with Crippen LogP contribution in [0.3, 0.4) is 0 Å². The number of halogens is 4. The van der Waals surface area contributed by atoms with E-state index in [4.69, 9.17) is 15.2 Å². The lowest BCUT2D eigenvalue weighted by Crippen LogP contribution is -2.51. The van der Waals surface area contributed by atoms with Gasteiger partial charge in [-0.05, 0) is 74.4 Å². The summed E-state index contributed by atoms with van der Waals surface area (Å²) >= 11 is 0. The molecule has 2 atom stereocenters. The summed E-state index contributed by atoms with van der Waals surface area (Å²) < 4.78 is 69.0. The molecule has 1 aliphatic rings. The van der Waals surface area contributed by atoms with Gasteiger partial charge in [0.15, 0.2) is 0 Å². The summed E-state index contributed by atoms with van der Waals surface area (Å²) in [5.74, 6) is -2.20. The molecule has 0 bridgehead atoms. The Labute approximate surface area is 255 Å². The molecule has 13 heteroatoms. The largest absolute Gasteiger partial charge is 0.494 e. The third-order valence-corrected chi connectivity index (χ3v) is 8.17. The van der Waals surface area contributed by atoms with E-state index in [0.717, 1.165) is 29.5 Å². The molecule has 0 radical (unpaired) electrons. The normalized spacial score (nSPS) is 17.4. The molecule has 9 nitrogen and oxygen atoms in total. The Bertz CT molecular complexity index is 1830. The van der Waals surface area contributed by atoms with E-state index in [2.05, 4.69) is 15.3 Å². The molecule has 4 N–H and O–H groups in total. The number of pyridine rings is 2. The van der Waals surface area contributed by atoms with Gasteiger partial charge in [-0.1, -0.05) is 6.92 Å². The molecular formula is C32H30F4N4O5. The van der Waals surface area contributed by atoms with Gasteiger partial charge in [0.25, 0.3) is 5.91 Å². The summed E-state index contributed by atoms with van der Waals surface area (Å²) in [5.41, 5.74) is 1.48. The molecule has 0 fully saturated rings. The molecular weight excluding hydrogens is 596 g/mol. The van der Waals surface area contributed by atoms with Crippen LogP contribution in [0.2, 0.25) is 0 Å². The van der Waals surface area contributed by atoms with Crippen LogP contribution >= 0.6 is 0 Å². The van der Waals surface area contributed by atoms with Crippen LogP contribution in [0.1, 0.15) is 46.7 Å². The van der Waals surface area contributed by atoms with Crippen molar-refractivity contribution in [3.05, 3.63) is 82.4 Å². The number of primary amides is 1. The molecule has 0 aliphatic carbocycles. The van der Waals surface area contributed by atoms with E-state index in [-0.39, 0.29) is 40.5 Å². The summed E-state index contributed by atoms with van der Waals surface area (Å²) in [5, 5.41) is 14.0. The molecule has 2 amide bonds. The summed E-state index contributed by atoms with van der Waals surface area (Å²) in [7, 11) is 1.38. The topological polar surface area (TPSA) is 137 Å². The van der Waals surface area contributed by atoms with E-state index < -0.39 is 47.1 Å². The predicted molar refractivity (Wildman–Crippen MR) is 156 cm³/mol. The van der Waals surface area contributed by atoms with Crippen LogP contribution in [0.4, 0.5) is 17.6 Å². The first-order chi connectivity index (χ1) is 21.1. The fraction of sp³-hybridized carbons (Fsp3) is 0.312. The first kappa shape index (κ1) is 31.6. The number of methoxy groups -OCH3 is 1. The molecule has 0 spiro atoms. The molecule has 2 aromatic heterocycles. The summed E-state index contributed by atoms with van der Waals surface area (Å²) in [6, 6.07) is 10.2. The highest BCUT2D eigenvalue weighted by molar-refractivity contribution is 6.00. The first-order valence-electron chi connectivity index (χ1n) is 13.9. The molecule has 236 valence electrons. The lowest BCUT2D eigenvalue weighted by molar-refractivity contribution is -0.265. The van der Waals surface area contributed by atoms with Crippen LogP contribution in [0.15, 0.2) is 48.5 Å². The molecule has 45 heavy (non-hydrogen) atoms. The summed E-state index contributed by atoms with van der Waals surface area (Å²) in [4.78, 5) is 34.4. The minimum Gasteiger partial charge on any atom is -0.494 e. The fourth-order valence-electron chi connectivity index (χ4n) is 5.28. The molecule has 3 heterocycles. The second kappa shape index (κ2) is 11.3. The number of aliphatic hydroxyl groups is 1. The maximum atomic E-state index is 14.7. The maximum absolute atomic E-state index is 14.7. The molecule has 0 unspecified atom stereocenters. The summed E-state index contributed by atoms with van der Waals surface area (Å²) in [6.07, 6.45) is -4.69. The first-order valence-corrected chi connectivity index (χ1v) is 13.9. The van der Waals surface area contributed by atoms with Crippen LogP contribution in [0, 0.1) is 12.7 Å². The Morgan fingerprint density at radius 2 is 1.82 bits per heavy atom. The van der Waals surface area contributed by atoms with Gasteiger partial charge in [0, 0.05) is 27.8 Å². The van der Waals surface area contributed by atoms with Crippen LogP contribution in [0.5, 0.6) is 11.5 Å². The van der Waals surface area contributed by atoms with Crippen molar-refractivity contribution in [2.75, 3.05) is 20.3 Å². The highest BCUT2D eigenvalue weighted by Gasteiger charge is 2.57. The quantitative estimate of drug-likeness (QED) is 0.243. The number of fused-ring (bicyclic) bond motifs is 2. The number of aromatic nitrogens is 2. The highest BCUT2D eigenvalue weighted by atomic mass is 19.4. The Morgan fingerprint density at radius 1 is 1.13 bits per heavy atom. The number of aryl methyl sites for hydroxylation is 2. The molecule has 0 saturated carbocycles. The average Bonchev–Trinajstić information content (AvgIpc) is 3.36. The van der Waals surface area contributed by atoms with E-state index in [1.54, 1.807) is 0 Å². The van der Waals surface area contributed by atoms with E-state index in [9.17, 15) is 32.3 Å². The number of rotatable bonds is 8. The number of nitrogens with zero attached hydrogens (tertiary/aromatic N) is 2. The Kier molecular flexibility index (Phi) is 7.94. The van der Waals surface area contributed by atoms with Crippen LogP contribution in [0.25, 0.3) is 22.2 Å². The molecule has 2 aromatic carbocycles. The highest BCUT2D eigenvalue weighted by Crippen LogP contribution is 2.47. The zero-order valence-corrected chi connectivity index (χ0v) is 24.8. The number of hydrogen-bond donors (Lipinski definition) is 3. The van der Waals surface area contributed by atoms with Crippen molar-refractivity contribution in [1.82, 2.24) is 15.3 Å². The van der Waals surface area contributed by atoms with Crippen LogP contribution < -0.4 is 20.5 Å². The number of hydrogen-bond acceptors (Lipinski definition) is 7. The number of alkyl halides is 3. The van der Waals surface area contributed by atoms with Gasteiger partial charge < -0.3 is 25.6 Å². The second-order valence-electron chi connectivity index (χ2n) is 11.1. The van der Waals surface area contributed by atoms with Crippen molar-refractivity contribution >= 4 is 22.7 Å². The average molecular weight is 627 g/mol. The zero-order valence-electron chi connectivity index (χ0n) is 24.8. The van der Waals surface area contributed by atoms with Gasteiger partial charge in [0.2, 0.25) is 11.5 Å².